The van der Waals surface area contributed by atoms with Gasteiger partial charge in [0.05, 0.1) is 6.61 Å². The Kier molecular flexibility index (Phi) is 10.3. The minimum atomic E-state index is 0.231. The van der Waals surface area contributed by atoms with Crippen LogP contribution >= 0.6 is 0 Å². The maximum Gasteiger partial charge on any atom is 0.0620 e. The van der Waals surface area contributed by atoms with Crippen molar-refractivity contribution in [2.45, 2.75) is 46.1 Å². The van der Waals surface area contributed by atoms with Gasteiger partial charge in [-0.3, -0.25) is 0 Å². The molecule has 0 saturated carbocycles. The molecule has 0 heterocycles. The number of hydrogen-bond acceptors (Lipinski definition) is 3. The van der Waals surface area contributed by atoms with E-state index in [0.29, 0.717) is 18.6 Å². The van der Waals surface area contributed by atoms with E-state index in [1.54, 1.807) is 0 Å². The third-order valence-corrected chi connectivity index (χ3v) is 2.32. The third-order valence-electron chi connectivity index (χ3n) is 2.32. The van der Waals surface area contributed by atoms with Gasteiger partial charge in [-0.25, -0.2) is 0 Å². The van der Waals surface area contributed by atoms with E-state index in [-0.39, 0.29) is 6.61 Å². The Balaban J connectivity index is 3.47. The summed E-state index contributed by atoms with van der Waals surface area (Å²) in [6.07, 6.45) is 3.01. The molecule has 0 bridgehead atoms. The van der Waals surface area contributed by atoms with Crippen LogP contribution in [0.4, 0.5) is 0 Å². The van der Waals surface area contributed by atoms with Crippen LogP contribution < -0.4 is 5.32 Å². The zero-order valence-corrected chi connectivity index (χ0v) is 10.5. The lowest BCUT2D eigenvalue weighted by Crippen LogP contribution is -2.35. The Bertz CT molecular complexity index is 129. The van der Waals surface area contributed by atoms with Gasteiger partial charge in [0.1, 0.15) is 0 Å². The van der Waals surface area contributed by atoms with Gasteiger partial charge in [0, 0.05) is 19.3 Å². The van der Waals surface area contributed by atoms with Crippen LogP contribution in [0.1, 0.15) is 40.0 Å². The monoisotopic (exact) mass is 217 g/mol. The highest BCUT2D eigenvalue weighted by atomic mass is 16.5. The molecule has 0 aromatic rings. The average molecular weight is 217 g/mol. The summed E-state index contributed by atoms with van der Waals surface area (Å²) in [4.78, 5) is 0. The fourth-order valence-electron chi connectivity index (χ4n) is 1.29. The van der Waals surface area contributed by atoms with Crippen molar-refractivity contribution in [2.24, 2.45) is 5.92 Å². The lowest BCUT2D eigenvalue weighted by molar-refractivity contribution is 0.0938. The molecular formula is C12H27NO2. The van der Waals surface area contributed by atoms with Crippen LogP contribution in [-0.2, 0) is 4.74 Å². The quantitative estimate of drug-likeness (QED) is 0.548. The molecule has 1 unspecified atom stereocenters. The Morgan fingerprint density at radius 3 is 2.53 bits per heavy atom. The van der Waals surface area contributed by atoms with Crippen LogP contribution in [0.3, 0.4) is 0 Å². The zero-order chi connectivity index (χ0) is 11.5. The van der Waals surface area contributed by atoms with Crippen molar-refractivity contribution in [1.82, 2.24) is 5.32 Å². The van der Waals surface area contributed by atoms with Gasteiger partial charge < -0.3 is 15.2 Å². The first kappa shape index (κ1) is 14.9. The van der Waals surface area contributed by atoms with Gasteiger partial charge in [0.15, 0.2) is 0 Å². The van der Waals surface area contributed by atoms with E-state index in [1.807, 2.05) is 0 Å². The molecule has 0 aliphatic carbocycles. The maximum atomic E-state index is 8.89. The van der Waals surface area contributed by atoms with E-state index in [1.165, 1.54) is 0 Å². The highest BCUT2D eigenvalue weighted by Gasteiger charge is 2.06. The van der Waals surface area contributed by atoms with Gasteiger partial charge in [-0.05, 0) is 31.7 Å². The first-order chi connectivity index (χ1) is 7.20. The molecule has 0 aromatic heterocycles. The molecule has 0 aromatic carbocycles. The molecule has 0 amide bonds. The number of hydrogen-bond donors (Lipinski definition) is 2. The van der Waals surface area contributed by atoms with E-state index < -0.39 is 0 Å². The van der Waals surface area contributed by atoms with Gasteiger partial charge in [0.25, 0.3) is 0 Å². The van der Waals surface area contributed by atoms with Crippen LogP contribution in [-0.4, -0.2) is 37.5 Å². The predicted molar refractivity (Wildman–Crippen MR) is 64.1 cm³/mol. The zero-order valence-electron chi connectivity index (χ0n) is 10.5. The van der Waals surface area contributed by atoms with Crippen molar-refractivity contribution in [2.75, 3.05) is 26.4 Å². The fraction of sp³-hybridized carbons (Fsp3) is 1.00. The Hall–Kier alpha value is -0.120. The van der Waals surface area contributed by atoms with E-state index in [0.717, 1.165) is 32.4 Å². The topological polar surface area (TPSA) is 41.5 Å². The highest BCUT2D eigenvalue weighted by Crippen LogP contribution is 2.00. The summed E-state index contributed by atoms with van der Waals surface area (Å²) < 4.78 is 5.58. The largest absolute Gasteiger partial charge is 0.396 e. The Morgan fingerprint density at radius 1 is 1.27 bits per heavy atom. The molecule has 0 aliphatic heterocycles. The molecule has 0 fully saturated rings. The van der Waals surface area contributed by atoms with Crippen molar-refractivity contribution in [3.05, 3.63) is 0 Å². The molecule has 3 nitrogen and oxygen atoms in total. The van der Waals surface area contributed by atoms with Crippen LogP contribution in [0.5, 0.6) is 0 Å². The second kappa shape index (κ2) is 10.4. The molecule has 2 N–H and O–H groups in total. The number of nitrogens with one attached hydrogen (secondary N) is 1. The van der Waals surface area contributed by atoms with Gasteiger partial charge in [-0.2, -0.15) is 0 Å². The standard InChI is InChI=1S/C12H27NO2/c1-4-7-13-12(5-8-14)10-15-9-6-11(2)3/h11-14H,4-10H2,1-3H3. The Morgan fingerprint density at radius 2 is 2.00 bits per heavy atom. The third kappa shape index (κ3) is 10.2. The van der Waals surface area contributed by atoms with E-state index in [9.17, 15) is 0 Å². The fourth-order valence-corrected chi connectivity index (χ4v) is 1.29. The molecule has 0 rings (SSSR count). The van der Waals surface area contributed by atoms with Gasteiger partial charge >= 0.3 is 0 Å². The number of aliphatic hydroxyl groups excluding tert-OH is 1. The predicted octanol–water partition coefficient (Wildman–Crippen LogP) is 1.80. The van der Waals surface area contributed by atoms with Crippen molar-refractivity contribution in [3.63, 3.8) is 0 Å². The Labute approximate surface area is 94.2 Å². The van der Waals surface area contributed by atoms with Crippen LogP contribution in [0.15, 0.2) is 0 Å². The summed E-state index contributed by atoms with van der Waals surface area (Å²) in [7, 11) is 0. The summed E-state index contributed by atoms with van der Waals surface area (Å²) in [5, 5.41) is 12.3. The highest BCUT2D eigenvalue weighted by molar-refractivity contribution is 4.65. The van der Waals surface area contributed by atoms with Gasteiger partial charge in [-0.15, -0.1) is 0 Å². The van der Waals surface area contributed by atoms with Gasteiger partial charge in [0.2, 0.25) is 0 Å². The molecule has 15 heavy (non-hydrogen) atoms. The minimum Gasteiger partial charge on any atom is -0.396 e. The summed E-state index contributed by atoms with van der Waals surface area (Å²) >= 11 is 0. The lowest BCUT2D eigenvalue weighted by atomic mass is 10.1. The molecule has 0 spiro atoms. The second-order valence-corrected chi connectivity index (χ2v) is 4.42. The molecule has 1 atom stereocenters. The smallest absolute Gasteiger partial charge is 0.0620 e. The minimum absolute atomic E-state index is 0.231. The lowest BCUT2D eigenvalue weighted by Gasteiger charge is -2.17. The number of rotatable bonds is 10. The van der Waals surface area contributed by atoms with E-state index in [4.69, 9.17) is 9.84 Å². The van der Waals surface area contributed by atoms with Crippen molar-refractivity contribution < 1.29 is 9.84 Å². The number of ether oxygens (including phenoxy) is 1. The first-order valence-corrected chi connectivity index (χ1v) is 6.12. The molecule has 0 saturated heterocycles. The summed E-state index contributed by atoms with van der Waals surface area (Å²) in [6, 6.07) is 0.308. The van der Waals surface area contributed by atoms with Crippen molar-refractivity contribution in [1.29, 1.82) is 0 Å². The van der Waals surface area contributed by atoms with Crippen molar-refractivity contribution in [3.8, 4) is 0 Å². The molecule has 92 valence electrons. The van der Waals surface area contributed by atoms with Crippen LogP contribution in [0.2, 0.25) is 0 Å². The molecule has 3 heteroatoms. The van der Waals surface area contributed by atoms with Crippen molar-refractivity contribution >= 4 is 0 Å². The number of aliphatic hydroxyl groups is 1. The normalized spacial score (nSPS) is 13.4. The summed E-state index contributed by atoms with van der Waals surface area (Å²) in [5.74, 6) is 0.699. The maximum absolute atomic E-state index is 8.89. The van der Waals surface area contributed by atoms with Crippen LogP contribution in [0, 0.1) is 5.92 Å². The molecule has 0 radical (unpaired) electrons. The van der Waals surface area contributed by atoms with E-state index >= 15 is 0 Å². The van der Waals surface area contributed by atoms with Crippen LogP contribution in [0.25, 0.3) is 0 Å². The average Bonchev–Trinajstić information content (AvgIpc) is 2.20. The SMILES string of the molecule is CCCNC(CCO)COCCC(C)C. The van der Waals surface area contributed by atoms with E-state index in [2.05, 4.69) is 26.1 Å². The molecule has 0 aliphatic rings. The summed E-state index contributed by atoms with van der Waals surface area (Å²) in [5.41, 5.74) is 0. The first-order valence-electron chi connectivity index (χ1n) is 6.12. The molecular weight excluding hydrogens is 190 g/mol. The van der Waals surface area contributed by atoms with Gasteiger partial charge in [-0.1, -0.05) is 20.8 Å². The summed E-state index contributed by atoms with van der Waals surface area (Å²) in [6.45, 7) is 9.31. The second-order valence-electron chi connectivity index (χ2n) is 4.42.